The van der Waals surface area contributed by atoms with Gasteiger partial charge in [0, 0.05) is 184 Å². The molecule has 4 aliphatic rings. The van der Waals surface area contributed by atoms with E-state index in [-0.39, 0.29) is 72.6 Å². The molecular weight excluding hydrogens is 2010 g/mol. The summed E-state index contributed by atoms with van der Waals surface area (Å²) in [5, 5.41) is 37.5. The van der Waals surface area contributed by atoms with Gasteiger partial charge in [0.1, 0.15) is 78.8 Å². The van der Waals surface area contributed by atoms with Crippen molar-refractivity contribution in [2.45, 2.75) is 239 Å². The average molecular weight is 2140 g/mol. The van der Waals surface area contributed by atoms with Gasteiger partial charge in [0.15, 0.2) is 13.4 Å². The minimum Gasteiger partial charge on any atom is -0.399 e. The number of allylic oxidation sites excluding steroid dienone is 1. The van der Waals surface area contributed by atoms with E-state index in [1.54, 1.807) is 56.6 Å². The molecule has 0 radical (unpaired) electrons. The van der Waals surface area contributed by atoms with Gasteiger partial charge in [-0.25, -0.2) is 65.1 Å². The lowest BCUT2D eigenvalue weighted by atomic mass is 9.81. The molecule has 4 saturated heterocycles. The lowest BCUT2D eigenvalue weighted by molar-refractivity contribution is 0.00578. The molecule has 47 heteroatoms. The Kier molecular flexibility index (Phi) is 36.8. The van der Waals surface area contributed by atoms with Crippen molar-refractivity contribution < 1.29 is 48.8 Å². The highest BCUT2D eigenvalue weighted by Gasteiger charge is 2.55. The van der Waals surface area contributed by atoms with Crippen LogP contribution in [0.15, 0.2) is 129 Å². The number of rotatable bonds is 33. The number of fused-ring (bicyclic) bond motifs is 4. The van der Waals surface area contributed by atoms with Gasteiger partial charge in [0.25, 0.3) is 0 Å². The Hall–Kier alpha value is -8.35. The van der Waals surface area contributed by atoms with Gasteiger partial charge in [0.05, 0.1) is 108 Å². The van der Waals surface area contributed by atoms with Crippen molar-refractivity contribution in [3.63, 3.8) is 0 Å². The van der Waals surface area contributed by atoms with Crippen LogP contribution in [0.25, 0.3) is 77.9 Å². The summed E-state index contributed by atoms with van der Waals surface area (Å²) in [4.78, 5) is 40.5. The lowest BCUT2D eigenvalue weighted by Crippen LogP contribution is -2.64. The first-order valence-corrected chi connectivity index (χ1v) is 66.7. The SMILES string of the molecule is CC(C)[Si](C(C)C)(C(C)C)n1cc(Cl)c(B2OC(C)(C)C(C)(C)O2)c1.CCS(=O)(=O)N1CC(=CC#N)C1.CCS(=O)(=O)N1CC(CC#N)(n2cc(-c3ncnc4c3ccn4COCC[Si](C)(C)C)c(Cl)n2)C1.CCS(=O)(=O)N1CC(CC#N)(n2cc(Cl)c(-c3ncnc4[nH]ccc34)c2)C1.C[Si](C)(C)CCOCn1ccc2c(-c3c[nH]cc3Cl)ncnc21.C[Si](C)(C)CCOCn1ccc2c(Cl)ncnc21. The monoisotopic (exact) mass is 2140 g/mol. The summed E-state index contributed by atoms with van der Waals surface area (Å²) in [5.74, 6) is 0.186. The number of aromatic nitrogens is 17. The molecule has 0 saturated carbocycles. The van der Waals surface area contributed by atoms with Gasteiger partial charge < -0.3 is 56.0 Å². The molecule has 0 amide bonds. The third-order valence-electron chi connectivity index (χ3n) is 26.1. The van der Waals surface area contributed by atoms with Gasteiger partial charge in [-0.3, -0.25) is 4.68 Å². The number of ether oxygens (including phenoxy) is 3. The zero-order valence-corrected chi connectivity index (χ0v) is 94.2. The van der Waals surface area contributed by atoms with E-state index >= 15 is 0 Å². The molecule has 12 aromatic heterocycles. The van der Waals surface area contributed by atoms with E-state index in [4.69, 9.17) is 86.8 Å². The lowest BCUT2D eigenvalue weighted by Gasteiger charge is -2.48. The van der Waals surface area contributed by atoms with Crippen molar-refractivity contribution in [1.29, 1.82) is 15.8 Å². The highest BCUT2D eigenvalue weighted by molar-refractivity contribution is 7.89. The van der Waals surface area contributed by atoms with Gasteiger partial charge >= 0.3 is 7.12 Å². The maximum Gasteiger partial charge on any atom is 0.497 e. The second kappa shape index (κ2) is 45.9. The molecule has 0 spiro atoms. The number of hydrogen-bond donors (Lipinski definition) is 2. The number of nitrogens with one attached hydrogen (secondary N) is 2. The Morgan fingerprint density at radius 1 is 0.500 bits per heavy atom. The summed E-state index contributed by atoms with van der Waals surface area (Å²) in [7, 11) is -15.1. The van der Waals surface area contributed by atoms with Gasteiger partial charge in [-0.2, -0.15) is 33.8 Å². The first-order chi connectivity index (χ1) is 65.7. The van der Waals surface area contributed by atoms with Crippen molar-refractivity contribution in [2.24, 2.45) is 0 Å². The van der Waals surface area contributed by atoms with Crippen LogP contribution in [0.1, 0.15) is 103 Å². The second-order valence-electron chi connectivity index (χ2n) is 41.1. The van der Waals surface area contributed by atoms with Gasteiger partial charge in [-0.1, -0.05) is 158 Å². The van der Waals surface area contributed by atoms with Crippen LogP contribution in [-0.2, 0) is 84.9 Å². The molecule has 0 atom stereocenters. The number of sulfonamides is 3. The van der Waals surface area contributed by atoms with Crippen LogP contribution in [0.3, 0.4) is 0 Å². The minimum absolute atomic E-state index is 0.0124. The van der Waals surface area contributed by atoms with E-state index in [1.807, 2.05) is 79.6 Å². The van der Waals surface area contributed by atoms with Crippen LogP contribution in [0.2, 0.25) is 119 Å². The smallest absolute Gasteiger partial charge is 0.399 e. The Balaban J connectivity index is 0.000000165. The Bertz CT molecular complexity index is 6800. The predicted octanol–water partition coefficient (Wildman–Crippen LogP) is 19.2. The molecule has 16 rings (SSSR count). The second-order valence-corrected chi connectivity index (χ2v) is 72.4. The van der Waals surface area contributed by atoms with E-state index in [1.165, 1.54) is 44.0 Å². The maximum atomic E-state index is 12.3. The van der Waals surface area contributed by atoms with Crippen molar-refractivity contribution in [3.05, 3.63) is 155 Å². The summed E-state index contributed by atoms with van der Waals surface area (Å²) in [5.41, 5.74) is 9.06. The van der Waals surface area contributed by atoms with E-state index < -0.39 is 80.7 Å². The van der Waals surface area contributed by atoms with Crippen molar-refractivity contribution >= 4 is 177 Å². The van der Waals surface area contributed by atoms with Crippen LogP contribution in [0.5, 0.6) is 0 Å². The highest BCUT2D eigenvalue weighted by atomic mass is 35.5. The van der Waals surface area contributed by atoms with E-state index in [0.717, 1.165) is 96.7 Å². The van der Waals surface area contributed by atoms with Crippen molar-refractivity contribution in [1.82, 2.24) is 95.0 Å². The molecule has 0 aromatic carbocycles. The normalized spacial score (nSPS) is 16.1. The number of nitriles is 3. The highest BCUT2D eigenvalue weighted by Crippen LogP contribution is 2.46. The molecular formula is C93H131BCl5N23O11S3Si4. The summed E-state index contributed by atoms with van der Waals surface area (Å²) >= 11 is 31.9. The Morgan fingerprint density at radius 3 is 1.39 bits per heavy atom. The number of halogens is 5. The third kappa shape index (κ3) is 25.9. The zero-order chi connectivity index (χ0) is 103. The van der Waals surface area contributed by atoms with E-state index in [2.05, 4.69) is 212 Å². The number of aromatic amines is 2. The molecule has 756 valence electrons. The van der Waals surface area contributed by atoms with Gasteiger partial charge in [0.2, 0.25) is 30.1 Å². The number of H-pyrrole nitrogens is 2. The molecule has 4 aliphatic heterocycles. The largest absolute Gasteiger partial charge is 0.497 e. The molecule has 0 aliphatic carbocycles. The van der Waals surface area contributed by atoms with Crippen LogP contribution in [0.4, 0.5) is 0 Å². The molecule has 140 heavy (non-hydrogen) atoms. The van der Waals surface area contributed by atoms with Crippen LogP contribution in [0, 0.1) is 34.0 Å². The maximum absolute atomic E-state index is 12.3. The van der Waals surface area contributed by atoms with E-state index in [9.17, 15) is 35.8 Å². The molecule has 2 N–H and O–H groups in total. The summed E-state index contributed by atoms with van der Waals surface area (Å²) < 4.78 is 117. The van der Waals surface area contributed by atoms with Gasteiger partial charge in [-0.15, -0.1) is 0 Å². The predicted molar refractivity (Wildman–Crippen MR) is 568 cm³/mol. The number of nitrogens with zero attached hydrogens (tertiary/aromatic N) is 21. The standard InChI is InChI=1S/C22H30ClN7O3SSi.C19H35BClNO2Si.C17H17ClN6O2S.C16H21ClN4OSi.C12H18ClN3OSi.C7H10N2O2S/c1-5-34(31,32)29-13-22(14-29,7-8-24)30-12-18(20(23)27-30)19-17-6-9-28(21(17)26-15-25-19)16-33-10-11-35(2,3)4;1-13(2)25(14(3)4,15(5)6)22-11-16(17(21)12-22)20-23-18(7,8)19(9,10)24-20;1-2-27(25,26)24-9-17(10-24,4-5-19)23-7-13(14(18)8-23)15-12-3-6-20-16(12)22-11-21-15;1-23(2,3)7-6-22-11-21-5-4-12-15(19-10-20-16(12)21)13-8-18-9-14(13)17;1-18(2,3)7-6-17-9-16-5-4-10-11(13)14-8-15-12(10)16;1-2-12(10,11)9-5-7(6-9)3-4-8/h6,9,12,15H,5,7,10-11,13-14,16H2,1-4H3;11-15H,1-10H3;3,6-8,11H,2,4,9-10H2,1H3,(H,20,21,22);4-5,8-10,18H,6-7,11H2,1-3H3;4-5,8H,6-7,9H2,1-3H3;3H,2,5-6H2,1H3. The summed E-state index contributed by atoms with van der Waals surface area (Å²) in [6.07, 6.45) is 28.6. The third-order valence-corrected chi connectivity index (χ3v) is 44.8. The van der Waals surface area contributed by atoms with Crippen LogP contribution in [-0.4, -0.2) is 247 Å². The van der Waals surface area contributed by atoms with Crippen molar-refractivity contribution in [3.8, 4) is 52.0 Å². The zero-order valence-electron chi connectivity index (χ0n) is 84.0. The Labute approximate surface area is 852 Å². The molecule has 16 heterocycles. The van der Waals surface area contributed by atoms with Crippen molar-refractivity contribution in [2.75, 3.05) is 76.3 Å². The van der Waals surface area contributed by atoms with Crippen LogP contribution < -0.4 is 5.46 Å². The molecule has 0 unspecified atom stereocenters. The molecule has 34 nitrogen and oxygen atoms in total. The summed E-state index contributed by atoms with van der Waals surface area (Å²) in [6.45, 7) is 53.6. The average Bonchev–Trinajstić information content (AvgIpc) is 1.68. The first-order valence-electron chi connectivity index (χ1n) is 46.7. The number of hydrogen-bond acceptors (Lipinski definition) is 23. The Morgan fingerprint density at radius 2 is 0.936 bits per heavy atom. The van der Waals surface area contributed by atoms with E-state index in [0.29, 0.717) is 94.3 Å². The van der Waals surface area contributed by atoms with Gasteiger partial charge in [-0.05, 0) is 119 Å². The summed E-state index contributed by atoms with van der Waals surface area (Å²) in [6, 6.07) is 17.4. The molecule has 4 fully saturated rings. The van der Waals surface area contributed by atoms with Crippen LogP contribution >= 0.6 is 58.0 Å². The fourth-order valence-electron chi connectivity index (χ4n) is 17.2. The molecule has 12 aromatic rings. The fraction of sp³-hybridized carbons (Fsp3) is 0.527. The minimum atomic E-state index is -3.34. The topological polar surface area (TPSA) is 407 Å². The fourth-order valence-corrected chi connectivity index (χ4v) is 30.8. The molecule has 0 bridgehead atoms. The quantitative estimate of drug-likeness (QED) is 0.0167. The first kappa shape index (κ1) is 112.